The van der Waals surface area contributed by atoms with E-state index >= 15 is 0 Å². The van der Waals surface area contributed by atoms with Crippen LogP contribution in [0, 0.1) is 33.5 Å². The molecule has 29 heavy (non-hydrogen) atoms. The van der Waals surface area contributed by atoms with Crippen LogP contribution >= 0.6 is 0 Å². The third-order valence-corrected chi connectivity index (χ3v) is 4.61. The van der Waals surface area contributed by atoms with Crippen molar-refractivity contribution in [2.24, 2.45) is 0 Å². The Balaban J connectivity index is -0.000000310. The third kappa shape index (κ3) is 10.8. The standard InChI is InChI=1S/C14H17NO4S.4CO.Fe/c1-10(2)19-14-9-8-13(16)15(14)20(17,18)12-6-4-11(3)5-7-12;4*1-2;/h4-10,14H,1-3H3;;;;;/t14-;;;;;/m1...../s1. The Hall–Kier alpha value is -2.18. The summed E-state index contributed by atoms with van der Waals surface area (Å²) in [5.74, 6) is -0.587. The summed E-state index contributed by atoms with van der Waals surface area (Å²) in [7, 11) is -3.90. The van der Waals surface area contributed by atoms with E-state index in [1.54, 1.807) is 26.0 Å². The molecule has 11 heteroatoms. The van der Waals surface area contributed by atoms with E-state index in [0.29, 0.717) is 0 Å². The maximum Gasteiger partial charge on any atom is 0 e. The molecule has 0 N–H and O–H groups in total. The van der Waals surface area contributed by atoms with Crippen LogP contribution in [0.4, 0.5) is 0 Å². The van der Waals surface area contributed by atoms with Crippen LogP contribution in [0.15, 0.2) is 41.3 Å². The van der Waals surface area contributed by atoms with Crippen LogP contribution in [0.1, 0.15) is 19.4 Å². The average molecular weight is 463 g/mol. The number of carbonyl (C=O) groups excluding carboxylic acids is 1. The van der Waals surface area contributed by atoms with Gasteiger partial charge in [0.1, 0.15) is 0 Å². The summed E-state index contributed by atoms with van der Waals surface area (Å²) in [5, 5.41) is 0. The van der Waals surface area contributed by atoms with Crippen molar-refractivity contribution in [3.05, 3.63) is 68.6 Å². The number of amides is 1. The molecule has 0 saturated heterocycles. The van der Waals surface area contributed by atoms with E-state index in [2.05, 4.69) is 26.6 Å². The molecule has 1 atom stereocenters. The molecule has 0 saturated carbocycles. The quantitative estimate of drug-likeness (QED) is 0.380. The summed E-state index contributed by atoms with van der Waals surface area (Å²) in [6, 6.07) is 6.36. The summed E-state index contributed by atoms with van der Waals surface area (Å²) < 4.78 is 61.3. The zero-order valence-corrected chi connectivity index (χ0v) is 17.5. The molecule has 0 spiro atoms. The van der Waals surface area contributed by atoms with Crippen molar-refractivity contribution in [1.29, 1.82) is 0 Å². The number of hydrogen-bond acceptors (Lipinski definition) is 4. The van der Waals surface area contributed by atoms with Gasteiger partial charge in [0.2, 0.25) is 0 Å². The Kier molecular flexibility index (Phi) is 22.7. The van der Waals surface area contributed by atoms with Gasteiger partial charge in [-0.3, -0.25) is 4.79 Å². The number of sulfonamides is 1. The van der Waals surface area contributed by atoms with Gasteiger partial charge in [-0.2, -0.15) is 0 Å². The summed E-state index contributed by atoms with van der Waals surface area (Å²) in [6.45, 7) is 23.4. The van der Waals surface area contributed by atoms with Gasteiger partial charge in [0, 0.05) is 23.1 Å². The van der Waals surface area contributed by atoms with Gasteiger partial charge in [0.25, 0.3) is 15.9 Å². The van der Waals surface area contributed by atoms with Gasteiger partial charge >= 0.3 is 45.2 Å². The topological polar surface area (TPSA) is 143 Å². The number of carbonyl (C=O) groups is 1. The normalized spacial score (nSPS) is 13.4. The van der Waals surface area contributed by atoms with Crippen molar-refractivity contribution in [3.8, 4) is 0 Å². The van der Waals surface area contributed by atoms with Crippen molar-refractivity contribution in [2.75, 3.05) is 0 Å². The summed E-state index contributed by atoms with van der Waals surface area (Å²) in [4.78, 5) is 11.9. The minimum Gasteiger partial charge on any atom is 0 e. The van der Waals surface area contributed by atoms with E-state index < -0.39 is 22.2 Å². The Labute approximate surface area is 180 Å². The van der Waals surface area contributed by atoms with Gasteiger partial charge in [0.05, 0.1) is 11.0 Å². The van der Waals surface area contributed by atoms with E-state index in [1.165, 1.54) is 24.3 Å². The molecule has 1 aromatic rings. The first-order valence-electron chi connectivity index (χ1n) is 7.13. The maximum atomic E-state index is 12.5. The zero-order valence-electron chi connectivity index (χ0n) is 15.6. The minimum atomic E-state index is -3.90. The predicted molar refractivity (Wildman–Crippen MR) is 90.1 cm³/mol. The molecule has 0 fully saturated rings. The van der Waals surface area contributed by atoms with E-state index in [1.807, 2.05) is 6.92 Å². The fourth-order valence-corrected chi connectivity index (χ4v) is 3.30. The predicted octanol–water partition coefficient (Wildman–Crippen LogP) is 1.68. The largest absolute Gasteiger partial charge is 0 e. The van der Waals surface area contributed by atoms with Crippen LogP contribution in [-0.4, -0.2) is 31.0 Å². The molecule has 1 aromatic carbocycles. The van der Waals surface area contributed by atoms with Crippen LogP contribution in [0.2, 0.25) is 0 Å². The summed E-state index contributed by atoms with van der Waals surface area (Å²) >= 11 is 0. The number of ether oxygens (including phenoxy) is 1. The van der Waals surface area contributed by atoms with E-state index in [9.17, 15) is 13.2 Å². The molecule has 1 heterocycles. The molecule has 1 aliphatic rings. The number of nitrogens with zero attached hydrogens (tertiary/aromatic N) is 1. The molecule has 1 aliphatic heterocycles. The molecular formula is C18H17FeNO8S. The van der Waals surface area contributed by atoms with Crippen LogP contribution in [0.25, 0.3) is 0 Å². The number of aryl methyl sites for hydroxylation is 1. The fourth-order valence-electron chi connectivity index (χ4n) is 1.90. The maximum absolute atomic E-state index is 12.5. The Bertz CT molecular complexity index is 784. The van der Waals surface area contributed by atoms with Crippen molar-refractivity contribution in [1.82, 2.24) is 4.31 Å². The zero-order chi connectivity index (χ0) is 22.9. The molecule has 156 valence electrons. The smallest absolute Gasteiger partial charge is 0 e. The number of benzene rings is 1. The Morgan fingerprint density at radius 3 is 1.76 bits per heavy atom. The Morgan fingerprint density at radius 2 is 1.38 bits per heavy atom. The molecule has 0 aromatic heterocycles. The van der Waals surface area contributed by atoms with Crippen LogP contribution < -0.4 is 0 Å². The first kappa shape index (κ1) is 34.3. The van der Waals surface area contributed by atoms with Crippen LogP contribution in [0.3, 0.4) is 0 Å². The molecule has 1 amide bonds. The van der Waals surface area contributed by atoms with Crippen LogP contribution in [0.5, 0.6) is 0 Å². The van der Waals surface area contributed by atoms with E-state index in [0.717, 1.165) is 9.87 Å². The van der Waals surface area contributed by atoms with Gasteiger partial charge in [-0.05, 0) is 39.0 Å². The second-order valence-corrected chi connectivity index (χ2v) is 6.70. The third-order valence-electron chi connectivity index (χ3n) is 2.84. The fraction of sp³-hybridized carbons (Fsp3) is 0.278. The number of hydrogen-bond donors (Lipinski definition) is 0. The van der Waals surface area contributed by atoms with Crippen LogP contribution in [-0.2, 0) is 55.2 Å². The van der Waals surface area contributed by atoms with Crippen molar-refractivity contribution < 1.29 is 53.6 Å². The van der Waals surface area contributed by atoms with Gasteiger partial charge < -0.3 is 4.74 Å². The second kappa shape index (κ2) is 19.1. The monoisotopic (exact) mass is 463 g/mol. The van der Waals surface area contributed by atoms with E-state index in [4.69, 9.17) is 23.3 Å². The summed E-state index contributed by atoms with van der Waals surface area (Å²) in [5.41, 5.74) is 0.949. The van der Waals surface area contributed by atoms with Crippen molar-refractivity contribution in [2.45, 2.75) is 38.0 Å². The Morgan fingerprint density at radius 1 is 0.966 bits per heavy atom. The van der Waals surface area contributed by atoms with Gasteiger partial charge in [-0.15, -0.1) is 0 Å². The second-order valence-electron chi connectivity index (χ2n) is 4.89. The molecular weight excluding hydrogens is 446 g/mol. The molecule has 2 rings (SSSR count). The summed E-state index contributed by atoms with van der Waals surface area (Å²) in [6.07, 6.45) is 1.60. The molecule has 0 aliphatic carbocycles. The van der Waals surface area contributed by atoms with Gasteiger partial charge in [0.15, 0.2) is 6.23 Å². The van der Waals surface area contributed by atoms with Crippen molar-refractivity contribution >= 4 is 15.9 Å². The van der Waals surface area contributed by atoms with E-state index in [-0.39, 0.29) is 28.1 Å². The SMILES string of the molecule is Cc1ccc(S(=O)(=O)N2C(=O)C=C[C@H]2OC(C)C)cc1.[C-]#[O+].[C-]#[O+].[C-]#[O+].[C-]#[O+].[Fe]. The molecule has 0 unspecified atom stereocenters. The molecule has 0 bridgehead atoms. The minimum absolute atomic E-state index is 0. The van der Waals surface area contributed by atoms with Gasteiger partial charge in [-0.1, -0.05) is 17.7 Å². The van der Waals surface area contributed by atoms with Gasteiger partial charge in [-0.25, -0.2) is 12.7 Å². The molecule has 0 radical (unpaired) electrons. The first-order chi connectivity index (χ1) is 13.3. The van der Waals surface area contributed by atoms with Crippen molar-refractivity contribution in [3.63, 3.8) is 0 Å². The first-order valence-corrected chi connectivity index (χ1v) is 8.57. The number of rotatable bonds is 4. The average Bonchev–Trinajstić information content (AvgIpc) is 3.08. The molecule has 9 nitrogen and oxygen atoms in total.